The molecule has 0 saturated carbocycles. The molecule has 0 aliphatic carbocycles. The fourth-order valence-corrected chi connectivity index (χ4v) is 4.90. The fraction of sp³-hybridized carbons (Fsp3) is 0.375. The second kappa shape index (κ2) is 9.25. The van der Waals surface area contributed by atoms with E-state index in [4.69, 9.17) is 9.98 Å². The van der Waals surface area contributed by atoms with E-state index in [-0.39, 0.29) is 35.1 Å². The van der Waals surface area contributed by atoms with Crippen molar-refractivity contribution in [2.75, 3.05) is 0 Å². The number of carbonyl (C=O) groups excluding carboxylic acids is 4. The monoisotopic (exact) mass is 458 g/mol. The van der Waals surface area contributed by atoms with Gasteiger partial charge in [0.15, 0.2) is 0 Å². The summed E-state index contributed by atoms with van der Waals surface area (Å²) >= 11 is -0.940. The third kappa shape index (κ3) is 6.57. The molecule has 2 N–H and O–H groups in total. The Bertz CT molecular complexity index is 836. The third-order valence-electron chi connectivity index (χ3n) is 3.74. The van der Waals surface area contributed by atoms with E-state index < -0.39 is 43.6 Å². The zero-order chi connectivity index (χ0) is 20.0. The molecule has 2 rings (SSSR count). The number of nitrogens with two attached hydrogens (primary N) is 1. The van der Waals surface area contributed by atoms with E-state index in [1.165, 1.54) is 12.1 Å². The van der Waals surface area contributed by atoms with Crippen LogP contribution in [0.1, 0.15) is 31.2 Å². The molecule has 1 saturated heterocycles. The van der Waals surface area contributed by atoms with E-state index >= 15 is 0 Å². The van der Waals surface area contributed by atoms with Gasteiger partial charge < -0.3 is 0 Å². The molecule has 0 bridgehead atoms. The summed E-state index contributed by atoms with van der Waals surface area (Å²) in [4.78, 5) is 50.9. The van der Waals surface area contributed by atoms with Crippen LogP contribution in [-0.2, 0) is 40.5 Å². The van der Waals surface area contributed by atoms with E-state index in [2.05, 4.69) is 0 Å². The minimum absolute atomic E-state index is 0.0133. The zero-order valence-corrected chi connectivity index (χ0v) is 17.3. The van der Waals surface area contributed by atoms with Crippen molar-refractivity contribution >= 4 is 48.1 Å². The van der Waals surface area contributed by atoms with Gasteiger partial charge in [-0.05, 0) is 0 Å². The number of hydrogen-bond acceptors (Lipinski definition) is 7. The Morgan fingerprint density at radius 3 is 2.22 bits per heavy atom. The van der Waals surface area contributed by atoms with Gasteiger partial charge >= 0.3 is 163 Å². The maximum absolute atomic E-state index is 11.9. The van der Waals surface area contributed by atoms with E-state index in [9.17, 15) is 27.6 Å². The summed E-state index contributed by atoms with van der Waals surface area (Å²) in [5.41, 5.74) is 0.893. The van der Waals surface area contributed by atoms with Crippen LogP contribution < -0.4 is 5.14 Å². The molecule has 0 radical (unpaired) electrons. The van der Waals surface area contributed by atoms with E-state index in [1.54, 1.807) is 12.1 Å². The standard InChI is InChI=1S/C16H19AsN2O7S/c18-27(24,25)12-3-1-11(2-4-12)9-10-17-13(20)5-8-16(23)26-19-14(21)6-7-15(19)22/h1-4,17H,5-10H2,(H2,18,24,25). The van der Waals surface area contributed by atoms with Crippen LogP contribution in [0.15, 0.2) is 29.2 Å². The van der Waals surface area contributed by atoms with Crippen molar-refractivity contribution in [3.8, 4) is 0 Å². The number of hydroxylamine groups is 2. The number of imide groups is 1. The van der Waals surface area contributed by atoms with Gasteiger partial charge in [-0.2, -0.15) is 0 Å². The van der Waals surface area contributed by atoms with Gasteiger partial charge in [0.1, 0.15) is 0 Å². The summed E-state index contributed by atoms with van der Waals surface area (Å²) in [5, 5.41) is 6.15. The second-order valence-electron chi connectivity index (χ2n) is 5.83. The molecule has 0 spiro atoms. The van der Waals surface area contributed by atoms with Crippen molar-refractivity contribution < 1.29 is 32.4 Å². The minimum atomic E-state index is -3.72. The molecule has 27 heavy (non-hydrogen) atoms. The second-order valence-corrected chi connectivity index (χ2v) is 10.4. The predicted octanol–water partition coefficient (Wildman–Crippen LogP) is -0.355. The fourth-order valence-electron chi connectivity index (χ4n) is 2.30. The SMILES string of the molecule is NS(=O)(=O)c1ccc(CC[AsH]C(=O)CCC(=O)ON2C(=O)CCC2=O)cc1. The van der Waals surface area contributed by atoms with Crippen molar-refractivity contribution in [2.24, 2.45) is 5.14 Å². The van der Waals surface area contributed by atoms with Crippen molar-refractivity contribution in [3.63, 3.8) is 0 Å². The number of hydrogen-bond donors (Lipinski definition) is 1. The molecule has 1 aliphatic rings. The molecule has 1 heterocycles. The average Bonchev–Trinajstić information content (AvgIpc) is 2.91. The van der Waals surface area contributed by atoms with Crippen LogP contribution in [0.2, 0.25) is 5.21 Å². The molecule has 1 aromatic carbocycles. The summed E-state index contributed by atoms with van der Waals surface area (Å²) < 4.78 is 22.3. The van der Waals surface area contributed by atoms with Gasteiger partial charge in [-0.25, -0.2) is 0 Å². The Kier molecular flexibility index (Phi) is 7.29. The Labute approximate surface area is 162 Å². The van der Waals surface area contributed by atoms with Crippen molar-refractivity contribution in [1.82, 2.24) is 5.06 Å². The van der Waals surface area contributed by atoms with E-state index in [1.807, 2.05) is 0 Å². The van der Waals surface area contributed by atoms with Crippen LogP contribution in [0.25, 0.3) is 0 Å². The van der Waals surface area contributed by atoms with Crippen LogP contribution in [-0.4, -0.2) is 51.6 Å². The first kappa shape index (κ1) is 21.3. The Morgan fingerprint density at radius 1 is 1.07 bits per heavy atom. The summed E-state index contributed by atoms with van der Waals surface area (Å²) in [6.45, 7) is 0. The molecular weight excluding hydrogens is 439 g/mol. The summed E-state index contributed by atoms with van der Waals surface area (Å²) in [7, 11) is -3.72. The number of carbonyl (C=O) groups is 4. The van der Waals surface area contributed by atoms with Gasteiger partial charge in [0.25, 0.3) is 0 Å². The van der Waals surface area contributed by atoms with Crippen molar-refractivity contribution in [3.05, 3.63) is 29.8 Å². The first-order valence-electron chi connectivity index (χ1n) is 8.12. The molecule has 1 aromatic rings. The summed E-state index contributed by atoms with van der Waals surface area (Å²) in [6.07, 6.45) is 0.505. The van der Waals surface area contributed by atoms with Gasteiger partial charge in [0.05, 0.1) is 0 Å². The summed E-state index contributed by atoms with van der Waals surface area (Å²) in [6, 6.07) is 6.14. The van der Waals surface area contributed by atoms with Crippen LogP contribution >= 0.6 is 0 Å². The topological polar surface area (TPSA) is 141 Å². The number of sulfonamides is 1. The third-order valence-corrected chi connectivity index (χ3v) is 7.07. The number of nitrogens with zero attached hydrogens (tertiary/aromatic N) is 1. The van der Waals surface area contributed by atoms with Crippen molar-refractivity contribution in [1.29, 1.82) is 0 Å². The van der Waals surface area contributed by atoms with Gasteiger partial charge in [-0.3, -0.25) is 0 Å². The summed E-state index contributed by atoms with van der Waals surface area (Å²) in [5.74, 6) is -1.89. The number of rotatable bonds is 9. The quantitative estimate of drug-likeness (QED) is 0.394. The van der Waals surface area contributed by atoms with Crippen LogP contribution in [0.5, 0.6) is 0 Å². The van der Waals surface area contributed by atoms with E-state index in [0.29, 0.717) is 16.7 Å². The molecule has 0 aromatic heterocycles. The van der Waals surface area contributed by atoms with Gasteiger partial charge in [0.2, 0.25) is 0 Å². The molecular formula is C16H19AsN2O7S. The Balaban J connectivity index is 1.68. The number of aryl methyl sites for hydroxylation is 1. The maximum atomic E-state index is 11.9. The molecule has 1 aliphatic heterocycles. The molecule has 1 unspecified atom stereocenters. The normalized spacial score (nSPS) is 14.9. The number of benzene rings is 1. The van der Waals surface area contributed by atoms with Gasteiger partial charge in [0, 0.05) is 0 Å². The first-order chi connectivity index (χ1) is 12.7. The first-order valence-corrected chi connectivity index (χ1v) is 12.2. The van der Waals surface area contributed by atoms with Crippen molar-refractivity contribution in [2.45, 2.75) is 42.2 Å². The molecule has 2 amide bonds. The van der Waals surface area contributed by atoms with Crippen LogP contribution in [0, 0.1) is 0 Å². The zero-order valence-electron chi connectivity index (χ0n) is 14.3. The van der Waals surface area contributed by atoms with Crippen LogP contribution in [0.3, 0.4) is 0 Å². The molecule has 1 fully saturated rings. The molecule has 9 nitrogen and oxygen atoms in total. The molecule has 1 atom stereocenters. The number of amides is 2. The predicted molar refractivity (Wildman–Crippen MR) is 94.9 cm³/mol. The van der Waals surface area contributed by atoms with Gasteiger partial charge in [-0.15, -0.1) is 0 Å². The number of primary sulfonamides is 1. The van der Waals surface area contributed by atoms with Crippen LogP contribution in [0.4, 0.5) is 0 Å². The Hall–Kier alpha value is -2.03. The van der Waals surface area contributed by atoms with Gasteiger partial charge in [-0.1, -0.05) is 0 Å². The molecule has 146 valence electrons. The van der Waals surface area contributed by atoms with E-state index in [0.717, 1.165) is 5.56 Å². The Morgan fingerprint density at radius 2 is 1.67 bits per heavy atom. The average molecular weight is 458 g/mol. The molecule has 11 heteroatoms.